The fourth-order valence-corrected chi connectivity index (χ4v) is 4.78. The predicted octanol–water partition coefficient (Wildman–Crippen LogP) is 5.22. The minimum atomic E-state index is -4.53. The van der Waals surface area contributed by atoms with Crippen LogP contribution in [0.1, 0.15) is 42.5 Å². The number of hydrogen-bond acceptors (Lipinski definition) is 6. The third kappa shape index (κ3) is 9.74. The van der Waals surface area contributed by atoms with E-state index in [2.05, 4.69) is 10.6 Å². The van der Waals surface area contributed by atoms with Crippen LogP contribution in [-0.2, 0) is 49.5 Å². The molecule has 4 rings (SSSR count). The second-order valence-electron chi connectivity index (χ2n) is 11.3. The van der Waals surface area contributed by atoms with Crippen LogP contribution in [0.5, 0.6) is 0 Å². The van der Waals surface area contributed by atoms with E-state index in [0.29, 0.717) is 5.56 Å². The summed E-state index contributed by atoms with van der Waals surface area (Å²) in [5, 5.41) is 5.24. The van der Waals surface area contributed by atoms with E-state index in [0.717, 1.165) is 23.3 Å². The number of epoxide rings is 1. The predicted molar refractivity (Wildman–Crippen MR) is 159 cm³/mol. The number of halogens is 3. The van der Waals surface area contributed by atoms with Gasteiger partial charge in [-0.05, 0) is 55.5 Å². The number of nitrogens with one attached hydrogen (secondary N) is 2. The van der Waals surface area contributed by atoms with Gasteiger partial charge in [0.15, 0.2) is 11.6 Å². The molecule has 8 nitrogen and oxygen atoms in total. The van der Waals surface area contributed by atoms with Crippen molar-refractivity contribution < 1.29 is 41.8 Å². The maximum atomic E-state index is 13.7. The zero-order valence-electron chi connectivity index (χ0n) is 24.9. The SMILES string of the molecule is CC(NC(=O)OCc1ccccc1)C(=O)C[C@@H](Cc1ccc(C(F)(F)F)cc1)C(=O)N[C@@H](Cc1ccccc1)C(=O)C1(C)CO1. The summed E-state index contributed by atoms with van der Waals surface area (Å²) < 4.78 is 49.9. The molecule has 2 unspecified atom stereocenters. The number of Topliss-reactive ketones (excluding diaryl/α,β-unsaturated/α-hetero) is 2. The zero-order chi connectivity index (χ0) is 32.6. The van der Waals surface area contributed by atoms with E-state index in [1.807, 2.05) is 24.3 Å². The number of ether oxygens (including phenoxy) is 2. The number of amides is 2. The van der Waals surface area contributed by atoms with Gasteiger partial charge in [0, 0.05) is 12.3 Å². The number of hydrogen-bond donors (Lipinski definition) is 2. The van der Waals surface area contributed by atoms with Crippen LogP contribution >= 0.6 is 0 Å². The van der Waals surface area contributed by atoms with Gasteiger partial charge in [0.05, 0.1) is 24.3 Å². The van der Waals surface area contributed by atoms with Crippen molar-refractivity contribution in [1.29, 1.82) is 0 Å². The molecule has 1 aliphatic rings. The molecule has 0 bridgehead atoms. The van der Waals surface area contributed by atoms with Crippen molar-refractivity contribution in [2.75, 3.05) is 6.61 Å². The highest BCUT2D eigenvalue weighted by molar-refractivity contribution is 5.98. The van der Waals surface area contributed by atoms with Crippen LogP contribution < -0.4 is 10.6 Å². The lowest BCUT2D eigenvalue weighted by atomic mass is 9.89. The number of ketones is 2. The van der Waals surface area contributed by atoms with E-state index in [1.54, 1.807) is 43.3 Å². The number of rotatable bonds is 14. The van der Waals surface area contributed by atoms with Gasteiger partial charge in [-0.3, -0.25) is 14.4 Å². The molecule has 1 heterocycles. The quantitative estimate of drug-likeness (QED) is 0.238. The van der Waals surface area contributed by atoms with Crippen LogP contribution in [0.3, 0.4) is 0 Å². The number of carbonyl (C=O) groups excluding carboxylic acids is 4. The molecule has 4 atom stereocenters. The monoisotopic (exact) mass is 624 g/mol. The van der Waals surface area contributed by atoms with Crippen LogP contribution in [0.4, 0.5) is 18.0 Å². The van der Waals surface area contributed by atoms with Crippen LogP contribution in [0.25, 0.3) is 0 Å². The largest absolute Gasteiger partial charge is 0.445 e. The first kappa shape index (κ1) is 33.4. The normalized spacial score (nSPS) is 17.8. The first-order valence-electron chi connectivity index (χ1n) is 14.5. The van der Waals surface area contributed by atoms with E-state index in [4.69, 9.17) is 9.47 Å². The molecule has 0 saturated carbocycles. The van der Waals surface area contributed by atoms with Crippen molar-refractivity contribution in [1.82, 2.24) is 10.6 Å². The second-order valence-corrected chi connectivity index (χ2v) is 11.3. The molecule has 0 aromatic heterocycles. The zero-order valence-corrected chi connectivity index (χ0v) is 24.9. The first-order valence-corrected chi connectivity index (χ1v) is 14.5. The lowest BCUT2D eigenvalue weighted by Crippen LogP contribution is -2.50. The number of alkyl halides is 3. The number of carbonyl (C=O) groups is 4. The number of benzene rings is 3. The Balaban J connectivity index is 1.48. The van der Waals surface area contributed by atoms with Crippen LogP contribution in [0, 0.1) is 5.92 Å². The van der Waals surface area contributed by atoms with Gasteiger partial charge >= 0.3 is 12.3 Å². The molecule has 3 aromatic rings. The summed E-state index contributed by atoms with van der Waals surface area (Å²) in [6, 6.07) is 20.3. The second kappa shape index (κ2) is 14.5. The summed E-state index contributed by atoms with van der Waals surface area (Å²) in [5.41, 5.74) is 0.0560. The minimum Gasteiger partial charge on any atom is -0.445 e. The highest BCUT2D eigenvalue weighted by Crippen LogP contribution is 2.31. The Kier molecular flexibility index (Phi) is 10.8. The fraction of sp³-hybridized carbons (Fsp3) is 0.353. The summed E-state index contributed by atoms with van der Waals surface area (Å²) in [7, 11) is 0. The molecule has 2 N–H and O–H groups in total. The highest BCUT2D eigenvalue weighted by atomic mass is 19.4. The topological polar surface area (TPSA) is 114 Å². The van der Waals surface area contributed by atoms with E-state index >= 15 is 0 Å². The minimum absolute atomic E-state index is 0.00794. The molecule has 45 heavy (non-hydrogen) atoms. The Labute approximate surface area is 259 Å². The summed E-state index contributed by atoms with van der Waals surface area (Å²) >= 11 is 0. The van der Waals surface area contributed by atoms with E-state index in [9.17, 15) is 32.3 Å². The average molecular weight is 625 g/mol. The van der Waals surface area contributed by atoms with Crippen LogP contribution in [0.2, 0.25) is 0 Å². The summed E-state index contributed by atoms with van der Waals surface area (Å²) in [4.78, 5) is 52.6. The molecular formula is C34H35F3N2O6. The van der Waals surface area contributed by atoms with E-state index in [-0.39, 0.29) is 38.3 Å². The Hall–Kier alpha value is -4.51. The number of alkyl carbamates (subject to hydrolysis) is 1. The maximum Gasteiger partial charge on any atom is 0.416 e. The smallest absolute Gasteiger partial charge is 0.416 e. The van der Waals surface area contributed by atoms with Crippen LogP contribution in [0.15, 0.2) is 84.9 Å². The Morgan fingerprint density at radius 1 is 0.844 bits per heavy atom. The van der Waals surface area contributed by atoms with Crippen molar-refractivity contribution in [2.24, 2.45) is 5.92 Å². The van der Waals surface area contributed by atoms with Gasteiger partial charge in [0.1, 0.15) is 12.2 Å². The Morgan fingerprint density at radius 3 is 1.96 bits per heavy atom. The average Bonchev–Trinajstić information content (AvgIpc) is 3.78. The van der Waals surface area contributed by atoms with E-state index < -0.39 is 53.1 Å². The lowest BCUT2D eigenvalue weighted by Gasteiger charge is -2.24. The van der Waals surface area contributed by atoms with Gasteiger partial charge in [-0.15, -0.1) is 0 Å². The molecule has 1 aliphatic heterocycles. The van der Waals surface area contributed by atoms with Crippen LogP contribution in [-0.4, -0.2) is 47.9 Å². The first-order chi connectivity index (χ1) is 21.3. The molecule has 3 aromatic carbocycles. The standard InChI is InChI=1S/C34H35F3N2O6/c1-22(38-32(43)44-20-25-11-7-4-8-12-25)29(40)19-26(17-24-13-15-27(16-14-24)34(35,36)37)31(42)39-28(30(41)33(2)21-45-33)18-23-9-5-3-6-10-23/h3-16,22,26,28H,17-21H2,1-2H3,(H,38,43)(H,39,42)/t22?,26-,28+,33?/m1/s1. The van der Waals surface area contributed by atoms with Crippen molar-refractivity contribution in [3.05, 3.63) is 107 Å². The molecular weight excluding hydrogens is 589 g/mol. The molecule has 11 heteroatoms. The van der Waals surface area contributed by atoms with Crippen molar-refractivity contribution in [3.63, 3.8) is 0 Å². The van der Waals surface area contributed by atoms with Gasteiger partial charge in [-0.2, -0.15) is 13.2 Å². The van der Waals surface area contributed by atoms with E-state index in [1.165, 1.54) is 19.1 Å². The van der Waals surface area contributed by atoms with Gasteiger partial charge in [0.2, 0.25) is 5.91 Å². The lowest BCUT2D eigenvalue weighted by molar-refractivity contribution is -0.137. The molecule has 1 fully saturated rings. The molecule has 2 amide bonds. The molecule has 0 aliphatic carbocycles. The Morgan fingerprint density at radius 2 is 1.40 bits per heavy atom. The molecule has 0 radical (unpaired) electrons. The summed E-state index contributed by atoms with van der Waals surface area (Å²) in [6.45, 7) is 3.29. The van der Waals surface area contributed by atoms with Crippen molar-refractivity contribution >= 4 is 23.6 Å². The Bertz CT molecular complexity index is 1480. The molecule has 0 spiro atoms. The molecule has 238 valence electrons. The van der Waals surface area contributed by atoms with Gasteiger partial charge < -0.3 is 20.1 Å². The highest BCUT2D eigenvalue weighted by Gasteiger charge is 2.50. The summed E-state index contributed by atoms with van der Waals surface area (Å²) in [5.74, 6) is -2.50. The van der Waals surface area contributed by atoms with Crippen molar-refractivity contribution in [3.8, 4) is 0 Å². The summed E-state index contributed by atoms with van der Waals surface area (Å²) in [6.07, 6.45) is -5.62. The van der Waals surface area contributed by atoms with Gasteiger partial charge in [-0.1, -0.05) is 72.8 Å². The third-order valence-corrected chi connectivity index (χ3v) is 7.63. The maximum absolute atomic E-state index is 13.7. The van der Waals surface area contributed by atoms with Gasteiger partial charge in [-0.25, -0.2) is 4.79 Å². The van der Waals surface area contributed by atoms with Gasteiger partial charge in [0.25, 0.3) is 0 Å². The fourth-order valence-electron chi connectivity index (χ4n) is 4.78. The third-order valence-electron chi connectivity index (χ3n) is 7.63. The molecule has 1 saturated heterocycles. The van der Waals surface area contributed by atoms with Crippen molar-refractivity contribution in [2.45, 2.75) is 63.6 Å².